The molecule has 2 aromatic carbocycles. The van der Waals surface area contributed by atoms with Crippen LogP contribution in [0, 0.1) is 0 Å². The van der Waals surface area contributed by atoms with Crippen LogP contribution in [-0.4, -0.2) is 49.5 Å². The van der Waals surface area contributed by atoms with Crippen LogP contribution < -0.4 is 10.1 Å². The summed E-state index contributed by atoms with van der Waals surface area (Å²) in [4.78, 5) is 16.7. The first-order chi connectivity index (χ1) is 12.1. The molecule has 1 atom stereocenters. The molecule has 0 aromatic heterocycles. The van der Waals surface area contributed by atoms with Crippen molar-refractivity contribution >= 4 is 11.6 Å². The van der Waals surface area contributed by atoms with Crippen LogP contribution in [0.25, 0.3) is 0 Å². The summed E-state index contributed by atoms with van der Waals surface area (Å²) in [7, 11) is 4.05. The maximum atomic E-state index is 12.8. The van der Waals surface area contributed by atoms with Gasteiger partial charge in [0, 0.05) is 18.8 Å². The highest BCUT2D eigenvalue weighted by atomic mass is 16.5. The molecule has 0 saturated heterocycles. The zero-order valence-electron chi connectivity index (χ0n) is 15.0. The lowest BCUT2D eigenvalue weighted by Gasteiger charge is -2.37. The number of hydrogen-bond acceptors (Lipinski definition) is 4. The van der Waals surface area contributed by atoms with E-state index in [4.69, 9.17) is 4.74 Å². The number of ether oxygens (including phenoxy) is 1. The molecular weight excluding hydrogens is 314 g/mol. The molecule has 1 heterocycles. The quantitative estimate of drug-likeness (QED) is 0.878. The molecule has 1 aliphatic heterocycles. The SMILES string of the molecule is CCN1C(=O)c2ccccc2NC1c1ccc(OCCN(C)C)cc1. The van der Waals surface area contributed by atoms with E-state index in [0.717, 1.165) is 29.1 Å². The number of carbonyl (C=O) groups excluding carboxylic acids is 1. The number of anilines is 1. The number of likely N-dealkylation sites (N-methyl/N-ethyl adjacent to an activating group) is 1. The van der Waals surface area contributed by atoms with Crippen molar-refractivity contribution in [3.05, 3.63) is 59.7 Å². The Morgan fingerprint density at radius 2 is 1.84 bits per heavy atom. The highest BCUT2D eigenvalue weighted by molar-refractivity contribution is 6.01. The monoisotopic (exact) mass is 339 g/mol. The van der Waals surface area contributed by atoms with Crippen molar-refractivity contribution in [3.8, 4) is 5.75 Å². The minimum atomic E-state index is -0.164. The summed E-state index contributed by atoms with van der Waals surface area (Å²) in [5.74, 6) is 0.907. The molecule has 5 heteroatoms. The third-order valence-corrected chi connectivity index (χ3v) is 4.37. The number of fused-ring (bicyclic) bond motifs is 1. The average molecular weight is 339 g/mol. The summed E-state index contributed by atoms with van der Waals surface area (Å²) >= 11 is 0. The number of para-hydroxylation sites is 1. The van der Waals surface area contributed by atoms with Gasteiger partial charge in [0.05, 0.1) is 5.56 Å². The van der Waals surface area contributed by atoms with Gasteiger partial charge in [-0.25, -0.2) is 0 Å². The Balaban J connectivity index is 1.77. The Labute approximate surface area is 149 Å². The van der Waals surface area contributed by atoms with E-state index >= 15 is 0 Å². The highest BCUT2D eigenvalue weighted by Crippen LogP contribution is 2.33. The Morgan fingerprint density at radius 3 is 2.52 bits per heavy atom. The topological polar surface area (TPSA) is 44.8 Å². The summed E-state index contributed by atoms with van der Waals surface area (Å²) in [6.07, 6.45) is -0.164. The molecule has 25 heavy (non-hydrogen) atoms. The molecule has 0 fully saturated rings. The van der Waals surface area contributed by atoms with Crippen molar-refractivity contribution in [2.45, 2.75) is 13.1 Å². The predicted octanol–water partition coefficient (Wildman–Crippen LogP) is 3.21. The molecular formula is C20H25N3O2. The largest absolute Gasteiger partial charge is 0.492 e. The summed E-state index contributed by atoms with van der Waals surface area (Å²) < 4.78 is 5.75. The molecule has 0 spiro atoms. The van der Waals surface area contributed by atoms with E-state index in [0.29, 0.717) is 13.2 Å². The fourth-order valence-corrected chi connectivity index (χ4v) is 2.97. The zero-order valence-corrected chi connectivity index (χ0v) is 15.0. The smallest absolute Gasteiger partial charge is 0.257 e. The molecule has 2 aromatic rings. The first kappa shape index (κ1) is 17.3. The van der Waals surface area contributed by atoms with Crippen LogP contribution in [0.4, 0.5) is 5.69 Å². The maximum Gasteiger partial charge on any atom is 0.257 e. The van der Waals surface area contributed by atoms with E-state index in [1.165, 1.54) is 0 Å². The van der Waals surface area contributed by atoms with E-state index in [-0.39, 0.29) is 12.1 Å². The maximum absolute atomic E-state index is 12.8. The van der Waals surface area contributed by atoms with Crippen LogP contribution in [-0.2, 0) is 0 Å². The Bertz CT molecular complexity index is 728. The van der Waals surface area contributed by atoms with Gasteiger partial charge in [-0.15, -0.1) is 0 Å². The van der Waals surface area contributed by atoms with Crippen molar-refractivity contribution < 1.29 is 9.53 Å². The molecule has 1 aliphatic rings. The summed E-state index contributed by atoms with van der Waals surface area (Å²) in [5.41, 5.74) is 2.66. The molecule has 0 aliphatic carbocycles. The van der Waals surface area contributed by atoms with E-state index in [9.17, 15) is 4.79 Å². The lowest BCUT2D eigenvalue weighted by molar-refractivity contribution is 0.0695. The molecule has 132 valence electrons. The minimum absolute atomic E-state index is 0.0631. The molecule has 0 bridgehead atoms. The summed E-state index contributed by atoms with van der Waals surface area (Å²) in [6, 6.07) is 15.6. The zero-order chi connectivity index (χ0) is 17.8. The second kappa shape index (κ2) is 7.57. The number of nitrogens with zero attached hydrogens (tertiary/aromatic N) is 2. The molecule has 5 nitrogen and oxygen atoms in total. The van der Waals surface area contributed by atoms with E-state index in [2.05, 4.69) is 10.2 Å². The van der Waals surface area contributed by atoms with Gasteiger partial charge in [0.2, 0.25) is 0 Å². The van der Waals surface area contributed by atoms with Gasteiger partial charge in [-0.3, -0.25) is 4.79 Å². The summed E-state index contributed by atoms with van der Waals surface area (Å²) in [6.45, 7) is 4.17. The lowest BCUT2D eigenvalue weighted by Crippen LogP contribution is -2.42. The molecule has 1 amide bonds. The second-order valence-corrected chi connectivity index (χ2v) is 6.40. The number of amides is 1. The van der Waals surface area contributed by atoms with Crippen LogP contribution in [0.3, 0.4) is 0 Å². The van der Waals surface area contributed by atoms with E-state index < -0.39 is 0 Å². The van der Waals surface area contributed by atoms with Crippen LogP contribution >= 0.6 is 0 Å². The van der Waals surface area contributed by atoms with Gasteiger partial charge in [0.15, 0.2) is 0 Å². The third kappa shape index (κ3) is 3.77. The van der Waals surface area contributed by atoms with Gasteiger partial charge < -0.3 is 19.9 Å². The normalized spacial score (nSPS) is 16.6. The summed E-state index contributed by atoms with van der Waals surface area (Å²) in [5, 5.41) is 3.48. The van der Waals surface area contributed by atoms with Crippen LogP contribution in [0.15, 0.2) is 48.5 Å². The first-order valence-corrected chi connectivity index (χ1v) is 8.64. The van der Waals surface area contributed by atoms with Gasteiger partial charge in [-0.05, 0) is 50.8 Å². The Kier molecular flexibility index (Phi) is 5.24. The molecule has 1 unspecified atom stereocenters. The van der Waals surface area contributed by atoms with Crippen molar-refractivity contribution in [2.24, 2.45) is 0 Å². The Hall–Kier alpha value is -2.53. The second-order valence-electron chi connectivity index (χ2n) is 6.40. The fraction of sp³-hybridized carbons (Fsp3) is 0.350. The number of carbonyl (C=O) groups is 1. The Morgan fingerprint density at radius 1 is 1.12 bits per heavy atom. The van der Waals surface area contributed by atoms with E-state index in [1.54, 1.807) is 0 Å². The van der Waals surface area contributed by atoms with Crippen molar-refractivity contribution in [1.29, 1.82) is 0 Å². The van der Waals surface area contributed by atoms with Gasteiger partial charge in [-0.2, -0.15) is 0 Å². The number of nitrogens with one attached hydrogen (secondary N) is 1. The molecule has 3 rings (SSSR count). The standard InChI is InChI=1S/C20H25N3O2/c1-4-23-19(21-18-8-6-5-7-17(18)20(23)24)15-9-11-16(12-10-15)25-14-13-22(2)3/h5-12,19,21H,4,13-14H2,1-3H3. The fourth-order valence-electron chi connectivity index (χ4n) is 2.97. The predicted molar refractivity (Wildman–Crippen MR) is 100 cm³/mol. The average Bonchev–Trinajstić information content (AvgIpc) is 2.62. The number of rotatable bonds is 6. The third-order valence-electron chi connectivity index (χ3n) is 4.37. The van der Waals surface area contributed by atoms with Crippen molar-refractivity contribution in [1.82, 2.24) is 9.80 Å². The van der Waals surface area contributed by atoms with Gasteiger partial charge in [-0.1, -0.05) is 24.3 Å². The van der Waals surface area contributed by atoms with Gasteiger partial charge in [0.25, 0.3) is 5.91 Å². The van der Waals surface area contributed by atoms with Crippen molar-refractivity contribution in [2.75, 3.05) is 39.1 Å². The van der Waals surface area contributed by atoms with Crippen molar-refractivity contribution in [3.63, 3.8) is 0 Å². The minimum Gasteiger partial charge on any atom is -0.492 e. The lowest BCUT2D eigenvalue weighted by atomic mass is 10.0. The number of hydrogen-bond donors (Lipinski definition) is 1. The van der Waals surface area contributed by atoms with Crippen LogP contribution in [0.1, 0.15) is 29.0 Å². The molecule has 1 N–H and O–H groups in total. The molecule has 0 radical (unpaired) electrons. The molecule has 0 saturated carbocycles. The first-order valence-electron chi connectivity index (χ1n) is 8.64. The van der Waals surface area contributed by atoms with Gasteiger partial charge in [0.1, 0.15) is 18.5 Å². The highest BCUT2D eigenvalue weighted by Gasteiger charge is 2.31. The van der Waals surface area contributed by atoms with Gasteiger partial charge >= 0.3 is 0 Å². The van der Waals surface area contributed by atoms with E-state index in [1.807, 2.05) is 74.4 Å². The number of benzene rings is 2. The van der Waals surface area contributed by atoms with Crippen LogP contribution in [0.5, 0.6) is 5.75 Å². The van der Waals surface area contributed by atoms with Crippen LogP contribution in [0.2, 0.25) is 0 Å².